The predicted molar refractivity (Wildman–Crippen MR) is 62.5 cm³/mol. The van der Waals surface area contributed by atoms with Gasteiger partial charge in [-0.2, -0.15) is 0 Å². The molecule has 0 heterocycles. The second kappa shape index (κ2) is 4.51. The van der Waals surface area contributed by atoms with E-state index in [4.69, 9.17) is 5.73 Å². The molecule has 1 atom stereocenters. The quantitative estimate of drug-likeness (QED) is 0.826. The zero-order chi connectivity index (χ0) is 12.3. The molecule has 0 saturated carbocycles. The van der Waals surface area contributed by atoms with Gasteiger partial charge in [-0.1, -0.05) is 20.8 Å². The number of benzene rings is 1. The minimum absolute atomic E-state index is 0.291. The lowest BCUT2D eigenvalue weighted by molar-refractivity contribution is -0.120. The predicted octanol–water partition coefficient (Wildman–Crippen LogP) is 2.14. The van der Waals surface area contributed by atoms with E-state index in [1.54, 1.807) is 12.1 Å². The highest BCUT2D eigenvalue weighted by Crippen LogP contribution is 2.23. The van der Waals surface area contributed by atoms with Gasteiger partial charge in [0, 0.05) is 5.69 Å². The summed E-state index contributed by atoms with van der Waals surface area (Å²) in [5, 5.41) is 3.00. The fourth-order valence-electron chi connectivity index (χ4n) is 1.43. The van der Waals surface area contributed by atoms with E-state index in [0.29, 0.717) is 5.69 Å². The molecule has 1 unspecified atom stereocenters. The van der Waals surface area contributed by atoms with Crippen LogP contribution in [0, 0.1) is 11.2 Å². The number of primary amides is 1. The topological polar surface area (TPSA) is 55.1 Å². The first-order valence-corrected chi connectivity index (χ1v) is 5.12. The Balaban J connectivity index is 2.84. The highest BCUT2D eigenvalue weighted by atomic mass is 19.1. The maximum Gasteiger partial charge on any atom is 0.240 e. The minimum atomic E-state index is -0.488. The van der Waals surface area contributed by atoms with Crippen LogP contribution in [-0.2, 0) is 4.79 Å². The smallest absolute Gasteiger partial charge is 0.240 e. The van der Waals surface area contributed by atoms with E-state index in [9.17, 15) is 9.18 Å². The lowest BCUT2D eigenvalue weighted by atomic mass is 9.86. The molecule has 0 radical (unpaired) electrons. The number of halogens is 1. The van der Waals surface area contributed by atoms with Gasteiger partial charge in [0.25, 0.3) is 0 Å². The van der Waals surface area contributed by atoms with Crippen molar-refractivity contribution in [2.75, 3.05) is 5.32 Å². The van der Waals surface area contributed by atoms with Crippen molar-refractivity contribution < 1.29 is 9.18 Å². The first kappa shape index (κ1) is 12.5. The standard InChI is InChI=1S/C12H17FN2O/c1-12(2,3)10(11(14)16)15-9-6-4-8(13)5-7-9/h4-7,10,15H,1-3H3,(H2,14,16). The molecular weight excluding hydrogens is 207 g/mol. The highest BCUT2D eigenvalue weighted by Gasteiger charge is 2.29. The third kappa shape index (κ3) is 3.22. The summed E-state index contributed by atoms with van der Waals surface area (Å²) in [7, 11) is 0. The summed E-state index contributed by atoms with van der Waals surface area (Å²) < 4.78 is 12.7. The van der Waals surface area contributed by atoms with Crippen LogP contribution in [0.5, 0.6) is 0 Å². The van der Waals surface area contributed by atoms with Crippen molar-refractivity contribution in [3.8, 4) is 0 Å². The number of hydrogen-bond acceptors (Lipinski definition) is 2. The van der Waals surface area contributed by atoms with Crippen LogP contribution in [-0.4, -0.2) is 11.9 Å². The van der Waals surface area contributed by atoms with Crippen LogP contribution in [0.1, 0.15) is 20.8 Å². The molecule has 1 amide bonds. The second-order valence-electron chi connectivity index (χ2n) is 4.85. The fourth-order valence-corrected chi connectivity index (χ4v) is 1.43. The molecule has 0 aromatic heterocycles. The Morgan fingerprint density at radius 3 is 2.19 bits per heavy atom. The first-order chi connectivity index (χ1) is 7.30. The molecular formula is C12H17FN2O. The summed E-state index contributed by atoms with van der Waals surface area (Å²) in [5.74, 6) is -0.728. The molecule has 1 aromatic carbocycles. The number of nitrogens with two attached hydrogens (primary N) is 1. The van der Waals surface area contributed by atoms with Crippen molar-refractivity contribution in [1.29, 1.82) is 0 Å². The van der Waals surface area contributed by atoms with Crippen molar-refractivity contribution in [3.63, 3.8) is 0 Å². The number of nitrogens with one attached hydrogen (secondary N) is 1. The SMILES string of the molecule is CC(C)(C)C(Nc1ccc(F)cc1)C(N)=O. The lowest BCUT2D eigenvalue weighted by Crippen LogP contribution is -2.45. The largest absolute Gasteiger partial charge is 0.373 e. The van der Waals surface area contributed by atoms with E-state index >= 15 is 0 Å². The molecule has 0 bridgehead atoms. The van der Waals surface area contributed by atoms with E-state index in [1.807, 2.05) is 20.8 Å². The molecule has 3 N–H and O–H groups in total. The number of carbonyl (C=O) groups excluding carboxylic acids is 1. The van der Waals surface area contributed by atoms with Gasteiger partial charge in [0.05, 0.1) is 0 Å². The molecule has 0 spiro atoms. The Morgan fingerprint density at radius 1 is 1.31 bits per heavy atom. The van der Waals surface area contributed by atoms with Crippen molar-refractivity contribution in [3.05, 3.63) is 30.1 Å². The third-order valence-electron chi connectivity index (χ3n) is 2.31. The molecule has 4 heteroatoms. The van der Waals surface area contributed by atoms with Crippen LogP contribution < -0.4 is 11.1 Å². The number of rotatable bonds is 3. The maximum absolute atomic E-state index is 12.7. The van der Waals surface area contributed by atoms with E-state index in [2.05, 4.69) is 5.32 Å². The van der Waals surface area contributed by atoms with Crippen LogP contribution >= 0.6 is 0 Å². The average Bonchev–Trinajstić information content (AvgIpc) is 2.14. The molecule has 0 saturated heterocycles. The van der Waals surface area contributed by atoms with Crippen LogP contribution in [0.4, 0.5) is 10.1 Å². The van der Waals surface area contributed by atoms with Gasteiger partial charge >= 0.3 is 0 Å². The van der Waals surface area contributed by atoms with Crippen LogP contribution in [0.3, 0.4) is 0 Å². The van der Waals surface area contributed by atoms with Gasteiger partial charge in [-0.05, 0) is 29.7 Å². The summed E-state index contributed by atoms with van der Waals surface area (Å²) >= 11 is 0. The molecule has 1 rings (SSSR count). The normalized spacial score (nSPS) is 13.2. The monoisotopic (exact) mass is 224 g/mol. The second-order valence-corrected chi connectivity index (χ2v) is 4.85. The summed E-state index contributed by atoms with van der Waals surface area (Å²) in [5.41, 5.74) is 5.71. The highest BCUT2D eigenvalue weighted by molar-refractivity contribution is 5.83. The van der Waals surface area contributed by atoms with Crippen molar-refractivity contribution in [2.24, 2.45) is 11.1 Å². The Labute approximate surface area is 94.8 Å². The first-order valence-electron chi connectivity index (χ1n) is 5.12. The van der Waals surface area contributed by atoms with E-state index in [-0.39, 0.29) is 11.2 Å². The summed E-state index contributed by atoms with van der Waals surface area (Å²) in [6, 6.07) is 5.35. The molecule has 0 fully saturated rings. The molecule has 16 heavy (non-hydrogen) atoms. The van der Waals surface area contributed by atoms with Gasteiger partial charge in [-0.3, -0.25) is 4.79 Å². The number of amides is 1. The molecule has 3 nitrogen and oxygen atoms in total. The van der Waals surface area contributed by atoms with Crippen LogP contribution in [0.15, 0.2) is 24.3 Å². The Bertz CT molecular complexity index is 368. The fraction of sp³-hybridized carbons (Fsp3) is 0.417. The number of carbonyl (C=O) groups is 1. The van der Waals surface area contributed by atoms with E-state index in [1.165, 1.54) is 12.1 Å². The van der Waals surface area contributed by atoms with Crippen molar-refractivity contribution >= 4 is 11.6 Å². The zero-order valence-electron chi connectivity index (χ0n) is 9.75. The molecule has 0 aliphatic carbocycles. The Kier molecular flexibility index (Phi) is 3.52. The van der Waals surface area contributed by atoms with Gasteiger partial charge in [0.15, 0.2) is 0 Å². The Hall–Kier alpha value is -1.58. The van der Waals surface area contributed by atoms with Gasteiger partial charge < -0.3 is 11.1 Å². The number of hydrogen-bond donors (Lipinski definition) is 2. The summed E-state index contributed by atoms with van der Waals surface area (Å²) in [4.78, 5) is 11.3. The van der Waals surface area contributed by atoms with E-state index in [0.717, 1.165) is 0 Å². The zero-order valence-corrected chi connectivity index (χ0v) is 9.75. The maximum atomic E-state index is 12.7. The Morgan fingerprint density at radius 2 is 1.81 bits per heavy atom. The van der Waals surface area contributed by atoms with Gasteiger partial charge in [-0.15, -0.1) is 0 Å². The lowest BCUT2D eigenvalue weighted by Gasteiger charge is -2.29. The summed E-state index contributed by atoms with van der Waals surface area (Å²) in [6.07, 6.45) is 0. The summed E-state index contributed by atoms with van der Waals surface area (Å²) in [6.45, 7) is 5.75. The van der Waals surface area contributed by atoms with Crippen LogP contribution in [0.25, 0.3) is 0 Å². The molecule has 88 valence electrons. The average molecular weight is 224 g/mol. The van der Waals surface area contributed by atoms with Crippen molar-refractivity contribution in [2.45, 2.75) is 26.8 Å². The van der Waals surface area contributed by atoms with Crippen molar-refractivity contribution in [1.82, 2.24) is 0 Å². The van der Waals surface area contributed by atoms with Gasteiger partial charge in [0.1, 0.15) is 11.9 Å². The molecule has 0 aliphatic rings. The third-order valence-corrected chi connectivity index (χ3v) is 2.31. The van der Waals surface area contributed by atoms with Gasteiger partial charge in [0.2, 0.25) is 5.91 Å². The van der Waals surface area contributed by atoms with Gasteiger partial charge in [-0.25, -0.2) is 4.39 Å². The van der Waals surface area contributed by atoms with E-state index < -0.39 is 11.9 Å². The molecule has 1 aromatic rings. The van der Waals surface area contributed by atoms with Crippen LogP contribution in [0.2, 0.25) is 0 Å². The minimum Gasteiger partial charge on any atom is -0.373 e. The molecule has 0 aliphatic heterocycles. The number of anilines is 1.